The molecule has 0 saturated heterocycles. The highest BCUT2D eigenvalue weighted by molar-refractivity contribution is 7.47. The Bertz CT molecular complexity index is 737. The molecular weight excluding hydrogens is 613 g/mol. The predicted octanol–water partition coefficient (Wildman–Crippen LogP) is 11.1. The number of carbonyl (C=O) groups excluding carboxylic acids is 1. The van der Waals surface area contributed by atoms with Crippen LogP contribution in [-0.4, -0.2) is 49.9 Å². The number of phosphoric acid groups is 1. The Morgan fingerprint density at radius 2 is 1.06 bits per heavy atom. The number of phosphoric ester groups is 1. The van der Waals surface area contributed by atoms with Crippen molar-refractivity contribution < 1.29 is 32.8 Å². The maximum atomic E-state index is 12.4. The van der Waals surface area contributed by atoms with Crippen LogP contribution in [0.1, 0.15) is 187 Å². The van der Waals surface area contributed by atoms with E-state index in [4.69, 9.17) is 24.3 Å². The van der Waals surface area contributed by atoms with Crippen molar-refractivity contribution in [3.05, 3.63) is 12.2 Å². The predicted molar refractivity (Wildman–Crippen MR) is 197 cm³/mol. The molecule has 2 unspecified atom stereocenters. The van der Waals surface area contributed by atoms with Crippen LogP contribution in [0.15, 0.2) is 12.2 Å². The largest absolute Gasteiger partial charge is 0.472 e. The van der Waals surface area contributed by atoms with E-state index in [1.54, 1.807) is 0 Å². The molecule has 47 heavy (non-hydrogen) atoms. The highest BCUT2D eigenvalue weighted by atomic mass is 31.2. The van der Waals surface area contributed by atoms with Gasteiger partial charge in [-0.15, -0.1) is 0 Å². The molecule has 0 rings (SSSR count). The zero-order valence-electron chi connectivity index (χ0n) is 30.8. The number of hydrogen-bond donors (Lipinski definition) is 2. The third-order valence-electron chi connectivity index (χ3n) is 8.43. The van der Waals surface area contributed by atoms with E-state index < -0.39 is 13.9 Å². The first kappa shape index (κ1) is 46.2. The van der Waals surface area contributed by atoms with Gasteiger partial charge < -0.3 is 20.1 Å². The molecule has 3 N–H and O–H groups in total. The monoisotopic (exact) mass is 690 g/mol. The summed E-state index contributed by atoms with van der Waals surface area (Å²) in [6.07, 6.45) is 36.7. The minimum atomic E-state index is -4.26. The summed E-state index contributed by atoms with van der Waals surface area (Å²) in [5, 5.41) is 0. The first-order valence-corrected chi connectivity index (χ1v) is 21.2. The fourth-order valence-electron chi connectivity index (χ4n) is 5.52. The summed E-state index contributed by atoms with van der Waals surface area (Å²) >= 11 is 0. The Hall–Kier alpha value is -0.760. The van der Waals surface area contributed by atoms with Crippen molar-refractivity contribution in [1.82, 2.24) is 0 Å². The van der Waals surface area contributed by atoms with E-state index >= 15 is 0 Å². The number of ether oxygens (including phenoxy) is 2. The first-order valence-electron chi connectivity index (χ1n) is 19.7. The van der Waals surface area contributed by atoms with Crippen LogP contribution < -0.4 is 5.73 Å². The molecule has 2 atom stereocenters. The quantitative estimate of drug-likeness (QED) is 0.0285. The van der Waals surface area contributed by atoms with Crippen LogP contribution in [0.2, 0.25) is 0 Å². The van der Waals surface area contributed by atoms with Crippen molar-refractivity contribution in [3.8, 4) is 0 Å². The van der Waals surface area contributed by atoms with Crippen LogP contribution in [0, 0.1) is 0 Å². The van der Waals surface area contributed by atoms with Gasteiger partial charge in [0, 0.05) is 19.6 Å². The van der Waals surface area contributed by atoms with E-state index in [1.807, 2.05) is 0 Å². The van der Waals surface area contributed by atoms with Crippen LogP contribution in [0.25, 0.3) is 0 Å². The Morgan fingerprint density at radius 1 is 0.617 bits per heavy atom. The van der Waals surface area contributed by atoms with Crippen LogP contribution in [0.5, 0.6) is 0 Å². The Balaban J connectivity index is 3.92. The fraction of sp³-hybridized carbons (Fsp3) is 0.921. The molecule has 8 nitrogen and oxygen atoms in total. The second-order valence-corrected chi connectivity index (χ2v) is 14.6. The Labute approximate surface area is 290 Å². The van der Waals surface area contributed by atoms with Crippen molar-refractivity contribution in [1.29, 1.82) is 0 Å². The van der Waals surface area contributed by atoms with E-state index in [-0.39, 0.29) is 32.3 Å². The molecule has 0 saturated carbocycles. The van der Waals surface area contributed by atoms with Gasteiger partial charge in [-0.05, 0) is 38.5 Å². The molecule has 0 bridgehead atoms. The highest BCUT2D eigenvalue weighted by Crippen LogP contribution is 2.43. The zero-order chi connectivity index (χ0) is 34.5. The van der Waals surface area contributed by atoms with Crippen molar-refractivity contribution in [2.45, 2.75) is 193 Å². The zero-order valence-corrected chi connectivity index (χ0v) is 31.7. The van der Waals surface area contributed by atoms with Gasteiger partial charge in [0.15, 0.2) is 0 Å². The summed E-state index contributed by atoms with van der Waals surface area (Å²) in [6.45, 7) is 4.90. The molecule has 0 aliphatic heterocycles. The van der Waals surface area contributed by atoms with Gasteiger partial charge in [-0.2, -0.15) is 0 Å². The van der Waals surface area contributed by atoms with Crippen LogP contribution in [0.3, 0.4) is 0 Å². The molecule has 0 fully saturated rings. The smallest absolute Gasteiger partial charge is 0.457 e. The lowest BCUT2D eigenvalue weighted by atomic mass is 10.1. The van der Waals surface area contributed by atoms with E-state index in [0.29, 0.717) is 13.0 Å². The lowest BCUT2D eigenvalue weighted by Crippen LogP contribution is -2.28. The molecule has 0 amide bonds. The molecule has 0 aromatic heterocycles. The third kappa shape index (κ3) is 36.3. The average molecular weight is 690 g/mol. The average Bonchev–Trinajstić information content (AvgIpc) is 3.06. The van der Waals surface area contributed by atoms with Gasteiger partial charge in [-0.1, -0.05) is 154 Å². The Kier molecular flexibility index (Phi) is 35.9. The molecule has 0 heterocycles. The van der Waals surface area contributed by atoms with Crippen LogP contribution in [-0.2, 0) is 27.9 Å². The second-order valence-electron chi connectivity index (χ2n) is 13.1. The van der Waals surface area contributed by atoms with Crippen molar-refractivity contribution in [2.24, 2.45) is 5.73 Å². The summed E-state index contributed by atoms with van der Waals surface area (Å²) in [4.78, 5) is 22.3. The molecule has 0 aliphatic carbocycles. The van der Waals surface area contributed by atoms with Gasteiger partial charge >= 0.3 is 13.8 Å². The van der Waals surface area contributed by atoms with E-state index in [2.05, 4.69) is 26.0 Å². The number of carbonyl (C=O) groups is 1. The standard InChI is InChI=1S/C38H76NO7P/c1-3-5-7-9-11-13-14-15-16-17-18-19-20-21-22-23-24-26-28-30-33-43-35-37(36-45-47(41,42)44-34-32-39)46-38(40)31-29-27-25-12-10-8-6-4-2/h15-16,37H,3-14,17-36,39H2,1-2H3,(H,41,42)/b16-15-. The van der Waals surface area contributed by atoms with Gasteiger partial charge in [0.1, 0.15) is 6.10 Å². The summed E-state index contributed by atoms with van der Waals surface area (Å²) in [5.74, 6) is -0.334. The molecular formula is C38H76NO7P. The summed E-state index contributed by atoms with van der Waals surface area (Å²) < 4.78 is 33.2. The van der Waals surface area contributed by atoms with Gasteiger partial charge in [0.25, 0.3) is 0 Å². The van der Waals surface area contributed by atoms with E-state index in [1.165, 1.54) is 135 Å². The lowest BCUT2D eigenvalue weighted by molar-refractivity contribution is -0.154. The molecule has 280 valence electrons. The summed E-state index contributed by atoms with van der Waals surface area (Å²) in [7, 11) is -4.26. The van der Waals surface area contributed by atoms with Crippen molar-refractivity contribution in [2.75, 3.05) is 33.0 Å². The minimum Gasteiger partial charge on any atom is -0.457 e. The van der Waals surface area contributed by atoms with Crippen molar-refractivity contribution in [3.63, 3.8) is 0 Å². The SMILES string of the molecule is CCCCCCCC/C=C\CCCCCCCCCCCCOCC(COP(=O)(O)OCCN)OC(=O)CCCCCCCCCC. The van der Waals surface area contributed by atoms with Gasteiger partial charge in [-0.25, -0.2) is 4.57 Å². The van der Waals surface area contributed by atoms with E-state index in [9.17, 15) is 14.3 Å². The molecule has 0 aliphatic rings. The highest BCUT2D eigenvalue weighted by Gasteiger charge is 2.25. The maximum absolute atomic E-state index is 12.4. The van der Waals surface area contributed by atoms with Gasteiger partial charge in [0.2, 0.25) is 0 Å². The molecule has 0 aromatic carbocycles. The number of esters is 1. The number of hydrogen-bond acceptors (Lipinski definition) is 7. The second kappa shape index (κ2) is 36.5. The summed E-state index contributed by atoms with van der Waals surface area (Å²) in [5.41, 5.74) is 5.34. The van der Waals surface area contributed by atoms with Crippen LogP contribution >= 0.6 is 7.82 Å². The number of unbranched alkanes of at least 4 members (excludes halogenated alkanes) is 23. The lowest BCUT2D eigenvalue weighted by Gasteiger charge is -2.20. The minimum absolute atomic E-state index is 0.0928. The van der Waals surface area contributed by atoms with Gasteiger partial charge in [0.05, 0.1) is 19.8 Å². The molecule has 0 spiro atoms. The number of allylic oxidation sites excluding steroid dienone is 2. The van der Waals surface area contributed by atoms with Crippen LogP contribution in [0.4, 0.5) is 0 Å². The topological polar surface area (TPSA) is 117 Å². The first-order chi connectivity index (χ1) is 22.9. The number of rotatable bonds is 38. The maximum Gasteiger partial charge on any atom is 0.472 e. The van der Waals surface area contributed by atoms with Gasteiger partial charge in [-0.3, -0.25) is 13.8 Å². The molecule has 9 heteroatoms. The van der Waals surface area contributed by atoms with Crippen molar-refractivity contribution >= 4 is 13.8 Å². The molecule has 0 radical (unpaired) electrons. The normalized spacial score (nSPS) is 13.7. The Morgan fingerprint density at radius 3 is 1.55 bits per heavy atom. The summed E-state index contributed by atoms with van der Waals surface area (Å²) in [6, 6.07) is 0. The fourth-order valence-corrected chi connectivity index (χ4v) is 6.29. The third-order valence-corrected chi connectivity index (χ3v) is 9.42. The number of nitrogens with two attached hydrogens (primary N) is 1. The molecule has 0 aromatic rings. The van der Waals surface area contributed by atoms with E-state index in [0.717, 1.165) is 32.1 Å².